The van der Waals surface area contributed by atoms with Crippen molar-refractivity contribution in [3.05, 3.63) is 33.9 Å². The summed E-state index contributed by atoms with van der Waals surface area (Å²) in [5.41, 5.74) is 1.99. The topological polar surface area (TPSA) is 114 Å². The molecule has 0 aliphatic carbocycles. The fourth-order valence-corrected chi connectivity index (χ4v) is 1.09. The maximum Gasteiger partial charge on any atom is 0.427 e. The minimum absolute atomic E-state index is 0.214. The summed E-state index contributed by atoms with van der Waals surface area (Å²) in [6.07, 6.45) is 0.477. The Kier molecular flexibility index (Phi) is 4.61. The number of ether oxygens (including phenoxy) is 1. The first-order valence-corrected chi connectivity index (χ1v) is 4.97. The SMILES string of the molecule is CCOC(=O)N/N=C/c1ccc(O)c([N+](=O)[O-])c1. The number of nitrogens with one attached hydrogen (secondary N) is 1. The lowest BCUT2D eigenvalue weighted by Crippen LogP contribution is -2.18. The molecule has 8 nitrogen and oxygen atoms in total. The summed E-state index contributed by atoms with van der Waals surface area (Å²) in [6, 6.07) is 3.72. The molecule has 18 heavy (non-hydrogen) atoms. The molecular formula is C10H11N3O5. The number of phenols is 1. The van der Waals surface area contributed by atoms with Crippen molar-refractivity contribution in [2.45, 2.75) is 6.92 Å². The van der Waals surface area contributed by atoms with Crippen LogP contribution in [-0.4, -0.2) is 28.9 Å². The molecule has 0 aliphatic rings. The standard InChI is InChI=1S/C10H11N3O5/c1-2-18-10(15)12-11-6-7-3-4-9(14)8(5-7)13(16)17/h3-6,14H,2H2,1H3,(H,12,15)/b11-6+. The van der Waals surface area contributed by atoms with Gasteiger partial charge in [-0.15, -0.1) is 0 Å². The molecule has 1 aromatic carbocycles. The number of nitro groups is 1. The number of nitro benzene ring substituents is 1. The van der Waals surface area contributed by atoms with Crippen molar-refractivity contribution in [1.82, 2.24) is 5.43 Å². The Morgan fingerprint density at radius 2 is 2.39 bits per heavy atom. The van der Waals surface area contributed by atoms with E-state index in [0.717, 1.165) is 6.07 Å². The number of rotatable bonds is 4. The lowest BCUT2D eigenvalue weighted by molar-refractivity contribution is -0.385. The van der Waals surface area contributed by atoms with Crippen molar-refractivity contribution < 1.29 is 19.6 Å². The second kappa shape index (κ2) is 6.18. The maximum absolute atomic E-state index is 10.9. The van der Waals surface area contributed by atoms with Crippen molar-refractivity contribution in [2.75, 3.05) is 6.61 Å². The number of aromatic hydroxyl groups is 1. The molecule has 0 radical (unpaired) electrons. The molecule has 0 aromatic heterocycles. The van der Waals surface area contributed by atoms with E-state index < -0.39 is 22.5 Å². The molecule has 1 rings (SSSR count). The number of nitrogens with zero attached hydrogens (tertiary/aromatic N) is 2. The van der Waals surface area contributed by atoms with Crippen LogP contribution in [0.2, 0.25) is 0 Å². The van der Waals surface area contributed by atoms with Gasteiger partial charge in [-0.2, -0.15) is 5.10 Å². The monoisotopic (exact) mass is 253 g/mol. The molecule has 8 heteroatoms. The van der Waals surface area contributed by atoms with Gasteiger partial charge in [0.25, 0.3) is 0 Å². The van der Waals surface area contributed by atoms with Gasteiger partial charge in [0.15, 0.2) is 5.75 Å². The predicted molar refractivity (Wildman–Crippen MR) is 62.5 cm³/mol. The van der Waals surface area contributed by atoms with Crippen LogP contribution < -0.4 is 5.43 Å². The van der Waals surface area contributed by atoms with Gasteiger partial charge >= 0.3 is 11.8 Å². The van der Waals surface area contributed by atoms with E-state index in [9.17, 15) is 20.0 Å². The van der Waals surface area contributed by atoms with E-state index in [4.69, 9.17) is 0 Å². The first kappa shape index (κ1) is 13.4. The predicted octanol–water partition coefficient (Wildman–Crippen LogP) is 1.38. The van der Waals surface area contributed by atoms with Crippen LogP contribution in [0.4, 0.5) is 10.5 Å². The smallest absolute Gasteiger partial charge is 0.427 e. The maximum atomic E-state index is 10.9. The molecule has 2 N–H and O–H groups in total. The molecule has 0 saturated heterocycles. The van der Waals surface area contributed by atoms with Crippen LogP contribution >= 0.6 is 0 Å². The Labute approximate surface area is 102 Å². The Morgan fingerprint density at radius 3 is 3.00 bits per heavy atom. The number of phenolic OH excluding ortho intramolecular Hbond substituents is 1. The van der Waals surface area contributed by atoms with Gasteiger partial charge < -0.3 is 9.84 Å². The summed E-state index contributed by atoms with van der Waals surface area (Å²) in [5, 5.41) is 23.3. The molecule has 1 aromatic rings. The van der Waals surface area contributed by atoms with Gasteiger partial charge in [-0.05, 0) is 19.1 Å². The van der Waals surface area contributed by atoms with Crippen LogP contribution in [0.1, 0.15) is 12.5 Å². The third kappa shape index (κ3) is 3.74. The molecule has 0 atom stereocenters. The van der Waals surface area contributed by atoms with Crippen LogP contribution in [0.5, 0.6) is 5.75 Å². The minimum atomic E-state index is -0.720. The highest BCUT2D eigenvalue weighted by atomic mass is 16.6. The van der Waals surface area contributed by atoms with Gasteiger partial charge in [-0.1, -0.05) is 0 Å². The van der Waals surface area contributed by atoms with Crippen molar-refractivity contribution in [2.24, 2.45) is 5.10 Å². The highest BCUT2D eigenvalue weighted by molar-refractivity contribution is 5.82. The third-order valence-electron chi connectivity index (χ3n) is 1.84. The van der Waals surface area contributed by atoms with E-state index in [1.165, 1.54) is 18.3 Å². The van der Waals surface area contributed by atoms with Gasteiger partial charge in [0.2, 0.25) is 0 Å². The lowest BCUT2D eigenvalue weighted by Gasteiger charge is -1.99. The van der Waals surface area contributed by atoms with Gasteiger partial charge in [0.05, 0.1) is 17.7 Å². The van der Waals surface area contributed by atoms with Crippen LogP contribution in [0.3, 0.4) is 0 Å². The molecule has 0 heterocycles. The molecule has 1 amide bonds. The summed E-state index contributed by atoms with van der Waals surface area (Å²) < 4.78 is 4.55. The van der Waals surface area contributed by atoms with Crippen LogP contribution in [0.15, 0.2) is 23.3 Å². The Morgan fingerprint density at radius 1 is 1.67 bits per heavy atom. The first-order chi connectivity index (χ1) is 8.54. The first-order valence-electron chi connectivity index (χ1n) is 4.97. The van der Waals surface area contributed by atoms with Crippen molar-refractivity contribution in [3.8, 4) is 5.75 Å². The molecule has 0 spiro atoms. The fraction of sp³-hybridized carbons (Fsp3) is 0.200. The van der Waals surface area contributed by atoms with Crippen LogP contribution in [0.25, 0.3) is 0 Å². The second-order valence-corrected chi connectivity index (χ2v) is 3.10. The largest absolute Gasteiger partial charge is 0.502 e. The molecule has 0 bridgehead atoms. The number of hydrogen-bond acceptors (Lipinski definition) is 6. The van der Waals surface area contributed by atoms with E-state index in [-0.39, 0.29) is 6.61 Å². The minimum Gasteiger partial charge on any atom is -0.502 e. The summed E-state index contributed by atoms with van der Waals surface area (Å²) in [4.78, 5) is 20.7. The number of carbonyl (C=O) groups excluding carboxylic acids is 1. The van der Waals surface area contributed by atoms with Crippen molar-refractivity contribution in [1.29, 1.82) is 0 Å². The zero-order chi connectivity index (χ0) is 13.5. The number of hydrazone groups is 1. The molecule has 0 fully saturated rings. The molecule has 96 valence electrons. The fourth-order valence-electron chi connectivity index (χ4n) is 1.09. The summed E-state index contributed by atoms with van der Waals surface area (Å²) in [7, 11) is 0. The van der Waals surface area contributed by atoms with Gasteiger partial charge in [-0.3, -0.25) is 10.1 Å². The molecule has 0 aliphatic heterocycles. The van der Waals surface area contributed by atoms with E-state index in [1.54, 1.807) is 6.92 Å². The molecular weight excluding hydrogens is 242 g/mol. The number of amides is 1. The average molecular weight is 253 g/mol. The highest BCUT2D eigenvalue weighted by Gasteiger charge is 2.12. The second-order valence-electron chi connectivity index (χ2n) is 3.10. The summed E-state index contributed by atoms with van der Waals surface area (Å²) in [6.45, 7) is 1.86. The Balaban J connectivity index is 2.73. The number of carbonyl (C=O) groups is 1. The highest BCUT2D eigenvalue weighted by Crippen LogP contribution is 2.25. The summed E-state index contributed by atoms with van der Waals surface area (Å²) in [5.74, 6) is -0.435. The zero-order valence-corrected chi connectivity index (χ0v) is 9.49. The van der Waals surface area contributed by atoms with Crippen LogP contribution in [-0.2, 0) is 4.74 Å². The quantitative estimate of drug-likeness (QED) is 0.478. The lowest BCUT2D eigenvalue weighted by atomic mass is 10.2. The normalized spacial score (nSPS) is 10.3. The zero-order valence-electron chi connectivity index (χ0n) is 9.49. The van der Waals surface area contributed by atoms with Gasteiger partial charge in [0, 0.05) is 11.6 Å². The van der Waals surface area contributed by atoms with Crippen LogP contribution in [0, 0.1) is 10.1 Å². The summed E-state index contributed by atoms with van der Waals surface area (Å²) >= 11 is 0. The number of benzene rings is 1. The van der Waals surface area contributed by atoms with Gasteiger partial charge in [0.1, 0.15) is 0 Å². The molecule has 0 unspecified atom stereocenters. The third-order valence-corrected chi connectivity index (χ3v) is 1.84. The average Bonchev–Trinajstić information content (AvgIpc) is 2.31. The van der Waals surface area contributed by atoms with E-state index in [2.05, 4.69) is 15.3 Å². The van der Waals surface area contributed by atoms with Crippen molar-refractivity contribution >= 4 is 18.0 Å². The van der Waals surface area contributed by atoms with E-state index in [1.807, 2.05) is 0 Å². The number of hydrogen-bond donors (Lipinski definition) is 2. The van der Waals surface area contributed by atoms with Crippen molar-refractivity contribution in [3.63, 3.8) is 0 Å². The van der Waals surface area contributed by atoms with Gasteiger partial charge in [-0.25, -0.2) is 10.2 Å². The Hall–Kier alpha value is -2.64. The Bertz CT molecular complexity index is 486. The van der Waals surface area contributed by atoms with E-state index in [0.29, 0.717) is 5.56 Å². The molecule has 0 saturated carbocycles. The van der Waals surface area contributed by atoms with E-state index >= 15 is 0 Å².